The van der Waals surface area contributed by atoms with Crippen LogP contribution in [0.4, 0.5) is 0 Å². The monoisotopic (exact) mass is 202 g/mol. The molecule has 0 aliphatic carbocycles. The number of aromatic nitrogens is 2. The van der Waals surface area contributed by atoms with Gasteiger partial charge in [-0.1, -0.05) is 15.9 Å². The minimum Gasteiger partial charge on any atom is -0.476 e. The van der Waals surface area contributed by atoms with Crippen LogP contribution in [-0.4, -0.2) is 16.4 Å². The van der Waals surface area contributed by atoms with Crippen molar-refractivity contribution in [1.82, 2.24) is 9.78 Å². The van der Waals surface area contributed by atoms with Crippen LogP contribution in [0.15, 0.2) is 6.07 Å². The molecule has 3 nitrogen and oxygen atoms in total. The van der Waals surface area contributed by atoms with E-state index in [-0.39, 0.29) is 0 Å². The lowest BCUT2D eigenvalue weighted by atomic mass is 10.5. The largest absolute Gasteiger partial charge is 0.476 e. The van der Waals surface area contributed by atoms with Crippen LogP contribution in [0.25, 0.3) is 0 Å². The van der Waals surface area contributed by atoms with Gasteiger partial charge in [-0.05, 0) is 0 Å². The maximum atomic E-state index is 5.26. The average molecular weight is 203 g/mol. The van der Waals surface area contributed by atoms with E-state index in [4.69, 9.17) is 4.74 Å². The van der Waals surface area contributed by atoms with Crippen molar-refractivity contribution in [3.05, 3.63) is 11.8 Å². The lowest BCUT2D eigenvalue weighted by Gasteiger charge is -1.86. The molecule has 0 radical (unpaired) electrons. The van der Waals surface area contributed by atoms with Crippen LogP contribution in [0.1, 0.15) is 5.69 Å². The minimum atomic E-state index is 0.769. The zero-order valence-electron chi connectivity index (χ0n) is 5.38. The van der Waals surface area contributed by atoms with Crippen LogP contribution in [-0.2, 0) is 11.9 Å². The molecule has 0 amide bonds. The summed E-state index contributed by atoms with van der Waals surface area (Å²) in [6.07, 6.45) is 0. The molecule has 54 valence electrons. The number of fused-ring (bicyclic) bond motifs is 1. The molecule has 0 saturated carbocycles. The van der Waals surface area contributed by atoms with Crippen molar-refractivity contribution in [2.75, 3.05) is 6.61 Å². The summed E-state index contributed by atoms with van der Waals surface area (Å²) in [5.74, 6) is 0.898. The molecule has 0 bridgehead atoms. The van der Waals surface area contributed by atoms with Crippen LogP contribution in [0.3, 0.4) is 0 Å². The Hall–Kier alpha value is -0.510. The third-order valence-corrected chi connectivity index (χ3v) is 2.06. The summed E-state index contributed by atoms with van der Waals surface area (Å²) in [5, 5.41) is 5.06. The Balaban J connectivity index is 2.37. The van der Waals surface area contributed by atoms with Gasteiger partial charge in [-0.3, -0.25) is 0 Å². The summed E-state index contributed by atoms with van der Waals surface area (Å²) in [7, 11) is 0. The first-order valence-electron chi connectivity index (χ1n) is 3.15. The van der Waals surface area contributed by atoms with Crippen LogP contribution in [0.2, 0.25) is 0 Å². The number of ether oxygens (including phenoxy) is 1. The van der Waals surface area contributed by atoms with E-state index in [1.807, 2.05) is 10.7 Å². The molecule has 10 heavy (non-hydrogen) atoms. The molecule has 0 unspecified atom stereocenters. The Morgan fingerprint density at radius 2 is 2.70 bits per heavy atom. The van der Waals surface area contributed by atoms with Gasteiger partial charge in [-0.25, -0.2) is 4.68 Å². The van der Waals surface area contributed by atoms with E-state index in [1.54, 1.807) is 0 Å². The number of hydrogen-bond acceptors (Lipinski definition) is 2. The minimum absolute atomic E-state index is 0.769. The van der Waals surface area contributed by atoms with Crippen molar-refractivity contribution >= 4 is 15.9 Å². The quantitative estimate of drug-likeness (QED) is 0.640. The topological polar surface area (TPSA) is 27.1 Å². The lowest BCUT2D eigenvalue weighted by Crippen LogP contribution is -1.96. The SMILES string of the molecule is BrCc1cc2n(n1)CCO2. The predicted octanol–water partition coefficient (Wildman–Crippen LogP) is 1.17. The van der Waals surface area contributed by atoms with E-state index in [1.165, 1.54) is 0 Å². The lowest BCUT2D eigenvalue weighted by molar-refractivity contribution is 0.356. The third kappa shape index (κ3) is 0.831. The van der Waals surface area contributed by atoms with Crippen molar-refractivity contribution in [1.29, 1.82) is 0 Å². The van der Waals surface area contributed by atoms with Crippen molar-refractivity contribution < 1.29 is 4.74 Å². The highest BCUT2D eigenvalue weighted by molar-refractivity contribution is 9.08. The average Bonchev–Trinajstić information content (AvgIpc) is 2.42. The molecule has 1 aromatic rings. The standard InChI is InChI=1S/C6H7BrN2O/c7-4-5-3-6-9(8-5)1-2-10-6/h3H,1-2,4H2. The summed E-state index contributed by atoms with van der Waals surface area (Å²) in [6.45, 7) is 1.66. The van der Waals surface area contributed by atoms with E-state index in [9.17, 15) is 0 Å². The van der Waals surface area contributed by atoms with Gasteiger partial charge in [0.25, 0.3) is 0 Å². The van der Waals surface area contributed by atoms with Crippen LogP contribution >= 0.6 is 15.9 Å². The van der Waals surface area contributed by atoms with Crippen molar-refractivity contribution in [3.8, 4) is 5.88 Å². The van der Waals surface area contributed by atoms with Gasteiger partial charge in [-0.2, -0.15) is 5.10 Å². The molecule has 2 heterocycles. The van der Waals surface area contributed by atoms with Crippen molar-refractivity contribution in [3.63, 3.8) is 0 Å². The second-order valence-electron chi connectivity index (χ2n) is 2.18. The van der Waals surface area contributed by atoms with Gasteiger partial charge < -0.3 is 4.74 Å². The Bertz CT molecular complexity index is 224. The maximum Gasteiger partial charge on any atom is 0.212 e. The van der Waals surface area contributed by atoms with Gasteiger partial charge in [0, 0.05) is 11.4 Å². The zero-order chi connectivity index (χ0) is 6.97. The molecular formula is C6H7BrN2O. The maximum absolute atomic E-state index is 5.26. The summed E-state index contributed by atoms with van der Waals surface area (Å²) >= 11 is 3.33. The number of hydrogen-bond donors (Lipinski definition) is 0. The molecule has 0 fully saturated rings. The van der Waals surface area contributed by atoms with E-state index >= 15 is 0 Å². The fourth-order valence-corrected chi connectivity index (χ4v) is 1.30. The highest BCUT2D eigenvalue weighted by Crippen LogP contribution is 2.19. The van der Waals surface area contributed by atoms with Crippen molar-refractivity contribution in [2.24, 2.45) is 0 Å². The fraction of sp³-hybridized carbons (Fsp3) is 0.500. The number of rotatable bonds is 1. The molecule has 0 spiro atoms. The molecule has 0 atom stereocenters. The molecule has 1 aromatic heterocycles. The molecule has 0 saturated heterocycles. The first-order valence-corrected chi connectivity index (χ1v) is 4.28. The first kappa shape index (κ1) is 6.22. The van der Waals surface area contributed by atoms with E-state index in [0.717, 1.165) is 30.1 Å². The van der Waals surface area contributed by atoms with Crippen molar-refractivity contribution in [2.45, 2.75) is 11.9 Å². The number of alkyl halides is 1. The van der Waals surface area contributed by atoms with Gasteiger partial charge in [0.2, 0.25) is 5.88 Å². The molecule has 1 aliphatic rings. The molecule has 0 aromatic carbocycles. The summed E-state index contributed by atoms with van der Waals surface area (Å²) in [6, 6.07) is 1.96. The Morgan fingerprint density at radius 1 is 1.80 bits per heavy atom. The first-order chi connectivity index (χ1) is 4.90. The van der Waals surface area contributed by atoms with Gasteiger partial charge in [0.05, 0.1) is 12.2 Å². The second kappa shape index (κ2) is 2.27. The highest BCUT2D eigenvalue weighted by Gasteiger charge is 2.13. The molecule has 1 aliphatic heterocycles. The number of halogens is 1. The molecule has 2 rings (SSSR count). The van der Waals surface area contributed by atoms with E-state index in [2.05, 4.69) is 21.0 Å². The fourth-order valence-electron chi connectivity index (χ4n) is 1.03. The zero-order valence-corrected chi connectivity index (χ0v) is 6.97. The molecule has 0 N–H and O–H groups in total. The summed E-state index contributed by atoms with van der Waals surface area (Å²) in [5.41, 5.74) is 1.04. The molecule has 4 heteroatoms. The Morgan fingerprint density at radius 3 is 3.40 bits per heavy atom. The van der Waals surface area contributed by atoms with E-state index in [0.29, 0.717) is 0 Å². The van der Waals surface area contributed by atoms with Crippen LogP contribution in [0, 0.1) is 0 Å². The van der Waals surface area contributed by atoms with Gasteiger partial charge in [-0.15, -0.1) is 0 Å². The normalized spacial score (nSPS) is 14.9. The van der Waals surface area contributed by atoms with Gasteiger partial charge in [0.1, 0.15) is 6.61 Å². The van der Waals surface area contributed by atoms with Gasteiger partial charge >= 0.3 is 0 Å². The number of nitrogens with zero attached hydrogens (tertiary/aromatic N) is 2. The van der Waals surface area contributed by atoms with Crippen LogP contribution < -0.4 is 4.74 Å². The van der Waals surface area contributed by atoms with E-state index < -0.39 is 0 Å². The van der Waals surface area contributed by atoms with Crippen LogP contribution in [0.5, 0.6) is 5.88 Å². The Kier molecular flexibility index (Phi) is 1.41. The van der Waals surface area contributed by atoms with Gasteiger partial charge in [0.15, 0.2) is 0 Å². The summed E-state index contributed by atoms with van der Waals surface area (Å²) in [4.78, 5) is 0. The second-order valence-corrected chi connectivity index (χ2v) is 2.74. The third-order valence-electron chi connectivity index (χ3n) is 1.48. The molecular weight excluding hydrogens is 196 g/mol. The predicted molar refractivity (Wildman–Crippen MR) is 40.4 cm³/mol. The highest BCUT2D eigenvalue weighted by atomic mass is 79.9. The smallest absolute Gasteiger partial charge is 0.212 e. The Labute approximate surface area is 67.1 Å². The summed E-state index contributed by atoms with van der Waals surface area (Å²) < 4.78 is 7.15.